The van der Waals surface area contributed by atoms with Gasteiger partial charge in [-0.15, -0.1) is 0 Å². The van der Waals surface area contributed by atoms with E-state index in [1.165, 1.54) is 19.2 Å². The Labute approximate surface area is 162 Å². The SMILES string of the molecule is COCC(=O)N(Cc1cccc(F)c1)CC1CC(c2ccc(Cl)cc2)=NO1. The summed E-state index contributed by atoms with van der Waals surface area (Å²) in [6.45, 7) is 0.558. The van der Waals surface area contributed by atoms with E-state index in [4.69, 9.17) is 21.2 Å². The smallest absolute Gasteiger partial charge is 0.248 e. The van der Waals surface area contributed by atoms with Gasteiger partial charge in [0.25, 0.3) is 0 Å². The highest BCUT2D eigenvalue weighted by Gasteiger charge is 2.27. The first-order valence-corrected chi connectivity index (χ1v) is 8.92. The summed E-state index contributed by atoms with van der Waals surface area (Å²) >= 11 is 5.91. The lowest BCUT2D eigenvalue weighted by molar-refractivity contribution is -0.137. The predicted molar refractivity (Wildman–Crippen MR) is 101 cm³/mol. The highest BCUT2D eigenvalue weighted by molar-refractivity contribution is 6.30. The standard InChI is InChI=1S/C20H20ClFN2O3/c1-26-13-20(25)24(11-14-3-2-4-17(22)9-14)12-18-10-19(23-27-18)15-5-7-16(21)8-6-15/h2-9,18H,10-13H2,1H3. The van der Waals surface area contributed by atoms with Gasteiger partial charge in [0.2, 0.25) is 5.91 Å². The number of hydrogen-bond donors (Lipinski definition) is 0. The van der Waals surface area contributed by atoms with Crippen LogP contribution in [-0.4, -0.2) is 42.9 Å². The molecule has 0 saturated carbocycles. The van der Waals surface area contributed by atoms with Gasteiger partial charge in [-0.3, -0.25) is 4.79 Å². The molecular weight excluding hydrogens is 371 g/mol. The van der Waals surface area contributed by atoms with Crippen molar-refractivity contribution < 1.29 is 18.8 Å². The van der Waals surface area contributed by atoms with Crippen LogP contribution in [0.1, 0.15) is 17.5 Å². The van der Waals surface area contributed by atoms with Crippen molar-refractivity contribution in [2.24, 2.45) is 5.16 Å². The number of amides is 1. The van der Waals surface area contributed by atoms with Gasteiger partial charge >= 0.3 is 0 Å². The van der Waals surface area contributed by atoms with Crippen LogP contribution in [0.2, 0.25) is 5.02 Å². The molecule has 1 atom stereocenters. The van der Waals surface area contributed by atoms with Gasteiger partial charge in [-0.1, -0.05) is 41.0 Å². The van der Waals surface area contributed by atoms with Gasteiger partial charge in [-0.25, -0.2) is 4.39 Å². The van der Waals surface area contributed by atoms with Crippen molar-refractivity contribution in [2.75, 3.05) is 20.3 Å². The Morgan fingerprint density at radius 2 is 2.11 bits per heavy atom. The topological polar surface area (TPSA) is 51.1 Å². The van der Waals surface area contributed by atoms with Gasteiger partial charge in [0, 0.05) is 25.1 Å². The minimum atomic E-state index is -0.336. The first-order chi connectivity index (χ1) is 13.0. The summed E-state index contributed by atoms with van der Waals surface area (Å²) in [7, 11) is 1.46. The largest absolute Gasteiger partial charge is 0.390 e. The molecule has 1 heterocycles. The molecule has 0 fully saturated rings. The van der Waals surface area contributed by atoms with Crippen LogP contribution in [0.5, 0.6) is 0 Å². The Balaban J connectivity index is 1.66. The molecule has 3 rings (SSSR count). The Morgan fingerprint density at radius 3 is 2.81 bits per heavy atom. The summed E-state index contributed by atoms with van der Waals surface area (Å²) in [6, 6.07) is 13.5. The molecular formula is C20H20ClFN2O3. The highest BCUT2D eigenvalue weighted by Crippen LogP contribution is 2.20. The van der Waals surface area contributed by atoms with Gasteiger partial charge in [0.05, 0.1) is 12.3 Å². The Morgan fingerprint density at radius 1 is 1.33 bits per heavy atom. The maximum atomic E-state index is 13.5. The molecule has 2 aromatic rings. The van der Waals surface area contributed by atoms with Crippen LogP contribution >= 0.6 is 11.6 Å². The first-order valence-electron chi connectivity index (χ1n) is 8.55. The number of nitrogens with zero attached hydrogens (tertiary/aromatic N) is 2. The highest BCUT2D eigenvalue weighted by atomic mass is 35.5. The summed E-state index contributed by atoms with van der Waals surface area (Å²) in [4.78, 5) is 19.5. The van der Waals surface area contributed by atoms with Gasteiger partial charge in [0.1, 0.15) is 12.4 Å². The second-order valence-corrected chi connectivity index (χ2v) is 6.75. The Hall–Kier alpha value is -2.44. The van der Waals surface area contributed by atoms with E-state index in [0.29, 0.717) is 23.6 Å². The number of oxime groups is 1. The van der Waals surface area contributed by atoms with Crippen LogP contribution < -0.4 is 0 Å². The van der Waals surface area contributed by atoms with E-state index in [1.807, 2.05) is 12.1 Å². The fourth-order valence-corrected chi connectivity index (χ4v) is 3.04. The van der Waals surface area contributed by atoms with Crippen LogP contribution in [0, 0.1) is 5.82 Å². The molecule has 0 bridgehead atoms. The zero-order valence-corrected chi connectivity index (χ0v) is 15.7. The maximum Gasteiger partial charge on any atom is 0.248 e. The lowest BCUT2D eigenvalue weighted by atomic mass is 10.0. The van der Waals surface area contributed by atoms with Gasteiger partial charge in [-0.05, 0) is 35.4 Å². The molecule has 1 amide bonds. The minimum Gasteiger partial charge on any atom is -0.390 e. The molecule has 2 aromatic carbocycles. The van der Waals surface area contributed by atoms with Gasteiger partial charge in [0.15, 0.2) is 6.10 Å². The number of rotatable bonds is 7. The van der Waals surface area contributed by atoms with E-state index < -0.39 is 0 Å². The second-order valence-electron chi connectivity index (χ2n) is 6.31. The number of halogens is 2. The monoisotopic (exact) mass is 390 g/mol. The average molecular weight is 391 g/mol. The van der Waals surface area contributed by atoms with E-state index in [9.17, 15) is 9.18 Å². The molecule has 1 aliphatic heterocycles. The van der Waals surface area contributed by atoms with Crippen molar-refractivity contribution in [1.29, 1.82) is 0 Å². The summed E-state index contributed by atoms with van der Waals surface area (Å²) in [5.74, 6) is -0.526. The van der Waals surface area contributed by atoms with E-state index in [2.05, 4.69) is 5.16 Å². The molecule has 0 saturated heterocycles. The predicted octanol–water partition coefficient (Wildman–Crippen LogP) is 3.65. The maximum absolute atomic E-state index is 13.5. The average Bonchev–Trinajstić information content (AvgIpc) is 3.10. The van der Waals surface area contributed by atoms with Crippen molar-refractivity contribution >= 4 is 23.2 Å². The third-order valence-corrected chi connectivity index (χ3v) is 4.47. The fourth-order valence-electron chi connectivity index (χ4n) is 2.91. The molecule has 142 valence electrons. The normalized spacial score (nSPS) is 16.0. The van der Waals surface area contributed by atoms with Crippen LogP contribution in [0.4, 0.5) is 4.39 Å². The molecule has 5 nitrogen and oxygen atoms in total. The van der Waals surface area contributed by atoms with Crippen LogP contribution in [0.25, 0.3) is 0 Å². The van der Waals surface area contributed by atoms with Crippen molar-refractivity contribution in [1.82, 2.24) is 4.90 Å². The number of carbonyl (C=O) groups is 1. The third-order valence-electron chi connectivity index (χ3n) is 4.22. The zero-order chi connectivity index (χ0) is 19.2. The number of hydrogen-bond acceptors (Lipinski definition) is 4. The molecule has 7 heteroatoms. The third kappa shape index (κ3) is 5.28. The molecule has 0 aromatic heterocycles. The lowest BCUT2D eigenvalue weighted by Crippen LogP contribution is -2.39. The van der Waals surface area contributed by atoms with Crippen LogP contribution in [0.15, 0.2) is 53.7 Å². The van der Waals surface area contributed by atoms with E-state index in [-0.39, 0.29) is 31.0 Å². The number of carbonyl (C=O) groups excluding carboxylic acids is 1. The van der Waals surface area contributed by atoms with Crippen molar-refractivity contribution in [3.05, 3.63) is 70.5 Å². The zero-order valence-electron chi connectivity index (χ0n) is 14.9. The van der Waals surface area contributed by atoms with E-state index in [0.717, 1.165) is 11.3 Å². The first kappa shape index (κ1) is 19.3. The summed E-state index contributed by atoms with van der Waals surface area (Å²) in [6.07, 6.45) is 0.298. The second kappa shape index (κ2) is 8.97. The van der Waals surface area contributed by atoms with E-state index >= 15 is 0 Å². The van der Waals surface area contributed by atoms with Crippen molar-refractivity contribution in [2.45, 2.75) is 19.1 Å². The molecule has 0 aliphatic carbocycles. The van der Waals surface area contributed by atoms with Crippen LogP contribution in [0.3, 0.4) is 0 Å². The summed E-state index contributed by atoms with van der Waals surface area (Å²) in [5, 5.41) is 4.79. The lowest BCUT2D eigenvalue weighted by Gasteiger charge is -2.24. The molecule has 0 spiro atoms. The van der Waals surface area contributed by atoms with Gasteiger partial charge < -0.3 is 14.5 Å². The minimum absolute atomic E-state index is 0.0487. The fraction of sp³-hybridized carbons (Fsp3) is 0.300. The molecule has 1 unspecified atom stereocenters. The quantitative estimate of drug-likeness (QED) is 0.725. The number of benzene rings is 2. The van der Waals surface area contributed by atoms with Gasteiger partial charge in [-0.2, -0.15) is 0 Å². The molecule has 0 radical (unpaired) electrons. The Kier molecular flexibility index (Phi) is 6.42. The summed E-state index contributed by atoms with van der Waals surface area (Å²) in [5.41, 5.74) is 2.44. The number of ether oxygens (including phenoxy) is 1. The summed E-state index contributed by atoms with van der Waals surface area (Å²) < 4.78 is 18.4. The number of methoxy groups -OCH3 is 1. The van der Waals surface area contributed by atoms with Crippen molar-refractivity contribution in [3.63, 3.8) is 0 Å². The molecule has 27 heavy (non-hydrogen) atoms. The molecule has 1 aliphatic rings. The molecule has 0 N–H and O–H groups in total. The Bertz CT molecular complexity index is 826. The van der Waals surface area contributed by atoms with Crippen LogP contribution in [-0.2, 0) is 20.9 Å². The van der Waals surface area contributed by atoms with E-state index in [1.54, 1.807) is 29.2 Å². The van der Waals surface area contributed by atoms with Crippen molar-refractivity contribution in [3.8, 4) is 0 Å².